The Kier molecular flexibility index (Phi) is 2.95. The minimum atomic E-state index is -4.26. The molecule has 7 heteroatoms. The summed E-state index contributed by atoms with van der Waals surface area (Å²) < 4.78 is 36.5. The van der Waals surface area contributed by atoms with Crippen molar-refractivity contribution >= 4 is 10.1 Å². The molecule has 0 bridgehead atoms. The van der Waals surface area contributed by atoms with E-state index in [1.807, 2.05) is 6.92 Å². The quantitative estimate of drug-likeness (QED) is 0.836. The van der Waals surface area contributed by atoms with E-state index in [9.17, 15) is 8.42 Å². The Hall–Kier alpha value is -1.73. The van der Waals surface area contributed by atoms with E-state index in [1.165, 1.54) is 12.1 Å². The Balaban J connectivity index is 2.71. The Morgan fingerprint density at radius 3 is 2.39 bits per heavy atom. The predicted octanol–water partition coefficient (Wildman–Crippen LogP) is 1.91. The predicted molar refractivity (Wildman–Crippen MR) is 63.8 cm³/mol. The van der Waals surface area contributed by atoms with E-state index in [2.05, 4.69) is 10.1 Å². The standard InChI is InChI=1S/C11H12N2O4S/c1-6-4-9(18(14,15)16)5-10(7(6)2)11-12-8(3)13-17-11/h4-5H,1-3H3,(H,14,15,16). The monoisotopic (exact) mass is 268 g/mol. The van der Waals surface area contributed by atoms with Crippen molar-refractivity contribution in [3.63, 3.8) is 0 Å². The van der Waals surface area contributed by atoms with E-state index in [1.54, 1.807) is 13.8 Å². The topological polar surface area (TPSA) is 93.3 Å². The van der Waals surface area contributed by atoms with Gasteiger partial charge in [0.15, 0.2) is 5.82 Å². The van der Waals surface area contributed by atoms with Crippen LogP contribution < -0.4 is 0 Å². The van der Waals surface area contributed by atoms with Crippen molar-refractivity contribution in [2.45, 2.75) is 25.7 Å². The molecule has 2 rings (SSSR count). The number of hydrogen-bond donors (Lipinski definition) is 1. The molecule has 0 aliphatic rings. The van der Waals surface area contributed by atoms with Crippen LogP contribution >= 0.6 is 0 Å². The summed E-state index contributed by atoms with van der Waals surface area (Å²) in [4.78, 5) is 3.87. The SMILES string of the molecule is Cc1noc(-c2cc(S(=O)(=O)O)cc(C)c2C)n1. The van der Waals surface area contributed by atoms with Crippen LogP contribution in [0.15, 0.2) is 21.6 Å². The third kappa shape index (κ3) is 2.27. The summed E-state index contributed by atoms with van der Waals surface area (Å²) in [5, 5.41) is 3.66. The van der Waals surface area contributed by atoms with Gasteiger partial charge in [-0.15, -0.1) is 0 Å². The lowest BCUT2D eigenvalue weighted by Crippen LogP contribution is -2.01. The largest absolute Gasteiger partial charge is 0.334 e. The van der Waals surface area contributed by atoms with E-state index in [0.717, 1.165) is 11.1 Å². The average Bonchev–Trinajstić information content (AvgIpc) is 2.67. The van der Waals surface area contributed by atoms with Crippen LogP contribution in [0.4, 0.5) is 0 Å². The number of rotatable bonds is 2. The second kappa shape index (κ2) is 4.18. The lowest BCUT2D eigenvalue weighted by Gasteiger charge is -2.07. The van der Waals surface area contributed by atoms with Crippen LogP contribution in [0.5, 0.6) is 0 Å². The molecule has 0 atom stereocenters. The van der Waals surface area contributed by atoms with Crippen molar-refractivity contribution in [2.24, 2.45) is 0 Å². The molecule has 1 aromatic heterocycles. The summed E-state index contributed by atoms with van der Waals surface area (Å²) in [5.74, 6) is 0.693. The van der Waals surface area contributed by atoms with Gasteiger partial charge >= 0.3 is 0 Å². The van der Waals surface area contributed by atoms with Gasteiger partial charge in [0, 0.05) is 5.56 Å². The average molecular weight is 268 g/mol. The van der Waals surface area contributed by atoms with Crippen LogP contribution in [0.1, 0.15) is 17.0 Å². The molecule has 0 fully saturated rings. The highest BCUT2D eigenvalue weighted by Crippen LogP contribution is 2.27. The molecule has 96 valence electrons. The molecule has 1 heterocycles. The maximum atomic E-state index is 11.2. The zero-order valence-corrected chi connectivity index (χ0v) is 10.9. The van der Waals surface area contributed by atoms with Crippen molar-refractivity contribution in [2.75, 3.05) is 0 Å². The molecule has 0 amide bonds. The van der Waals surface area contributed by atoms with Crippen LogP contribution in [0, 0.1) is 20.8 Å². The highest BCUT2D eigenvalue weighted by Gasteiger charge is 2.17. The number of hydrogen-bond acceptors (Lipinski definition) is 5. The molecule has 2 aromatic rings. The molecule has 0 aliphatic carbocycles. The number of aromatic nitrogens is 2. The van der Waals surface area contributed by atoms with Crippen molar-refractivity contribution in [1.29, 1.82) is 0 Å². The maximum absolute atomic E-state index is 11.2. The van der Waals surface area contributed by atoms with E-state index in [-0.39, 0.29) is 10.8 Å². The van der Waals surface area contributed by atoms with Crippen LogP contribution in [-0.4, -0.2) is 23.1 Å². The molecular formula is C11H12N2O4S. The lowest BCUT2D eigenvalue weighted by atomic mass is 10.0. The van der Waals surface area contributed by atoms with Gasteiger partial charge in [0.2, 0.25) is 0 Å². The number of aryl methyl sites for hydroxylation is 2. The van der Waals surface area contributed by atoms with Gasteiger partial charge in [0.05, 0.1) is 4.90 Å². The van der Waals surface area contributed by atoms with Gasteiger partial charge in [-0.1, -0.05) is 5.16 Å². The molecule has 0 spiro atoms. The zero-order chi connectivity index (χ0) is 13.5. The molecule has 1 N–H and O–H groups in total. The first kappa shape index (κ1) is 12.7. The molecule has 0 saturated heterocycles. The molecule has 0 saturated carbocycles. The van der Waals surface area contributed by atoms with Crippen molar-refractivity contribution < 1.29 is 17.5 Å². The summed E-state index contributed by atoms with van der Waals surface area (Å²) >= 11 is 0. The summed E-state index contributed by atoms with van der Waals surface area (Å²) in [6, 6.07) is 2.72. The van der Waals surface area contributed by atoms with Gasteiger partial charge in [0.1, 0.15) is 0 Å². The second-order valence-electron chi connectivity index (χ2n) is 4.03. The van der Waals surface area contributed by atoms with Crippen LogP contribution in [0.2, 0.25) is 0 Å². The fourth-order valence-electron chi connectivity index (χ4n) is 1.60. The number of benzene rings is 1. The van der Waals surface area contributed by atoms with Crippen LogP contribution in [0.3, 0.4) is 0 Å². The molecular weight excluding hydrogens is 256 g/mol. The van der Waals surface area contributed by atoms with E-state index < -0.39 is 10.1 Å². The first-order valence-corrected chi connectivity index (χ1v) is 6.62. The Morgan fingerprint density at radius 2 is 1.89 bits per heavy atom. The fourth-order valence-corrected chi connectivity index (χ4v) is 2.20. The minimum Gasteiger partial charge on any atom is -0.334 e. The number of nitrogens with zero attached hydrogens (tertiary/aromatic N) is 2. The molecule has 0 radical (unpaired) electrons. The Morgan fingerprint density at radius 1 is 1.22 bits per heavy atom. The summed E-state index contributed by atoms with van der Waals surface area (Å²) in [6.45, 7) is 5.23. The molecule has 1 aromatic carbocycles. The van der Waals surface area contributed by atoms with Gasteiger partial charge in [0.25, 0.3) is 16.0 Å². The van der Waals surface area contributed by atoms with Crippen molar-refractivity contribution in [3.8, 4) is 11.5 Å². The molecule has 6 nitrogen and oxygen atoms in total. The summed E-state index contributed by atoms with van der Waals surface area (Å²) in [5.41, 5.74) is 2.05. The first-order chi connectivity index (χ1) is 8.29. The minimum absolute atomic E-state index is 0.184. The highest BCUT2D eigenvalue weighted by molar-refractivity contribution is 7.85. The van der Waals surface area contributed by atoms with Crippen LogP contribution in [0.25, 0.3) is 11.5 Å². The van der Waals surface area contributed by atoms with E-state index in [4.69, 9.17) is 9.08 Å². The van der Waals surface area contributed by atoms with Gasteiger partial charge in [-0.05, 0) is 44.0 Å². The van der Waals surface area contributed by atoms with Gasteiger partial charge in [-0.2, -0.15) is 13.4 Å². The van der Waals surface area contributed by atoms with Crippen molar-refractivity contribution in [3.05, 3.63) is 29.1 Å². The van der Waals surface area contributed by atoms with E-state index in [0.29, 0.717) is 11.4 Å². The smallest absolute Gasteiger partial charge is 0.294 e. The maximum Gasteiger partial charge on any atom is 0.294 e. The van der Waals surface area contributed by atoms with Gasteiger partial charge in [-0.25, -0.2) is 0 Å². The Bertz CT molecular complexity index is 704. The highest BCUT2D eigenvalue weighted by atomic mass is 32.2. The molecule has 0 unspecified atom stereocenters. The van der Waals surface area contributed by atoms with Crippen molar-refractivity contribution in [1.82, 2.24) is 10.1 Å². The fraction of sp³-hybridized carbons (Fsp3) is 0.273. The zero-order valence-electron chi connectivity index (χ0n) is 10.1. The van der Waals surface area contributed by atoms with E-state index >= 15 is 0 Å². The molecule has 18 heavy (non-hydrogen) atoms. The molecule has 0 aliphatic heterocycles. The van der Waals surface area contributed by atoms with Gasteiger partial charge in [-0.3, -0.25) is 4.55 Å². The normalized spacial score (nSPS) is 11.8. The Labute approximate surface area is 104 Å². The third-order valence-electron chi connectivity index (χ3n) is 2.70. The van der Waals surface area contributed by atoms with Gasteiger partial charge < -0.3 is 4.52 Å². The van der Waals surface area contributed by atoms with Crippen LogP contribution in [-0.2, 0) is 10.1 Å². The first-order valence-electron chi connectivity index (χ1n) is 5.18. The second-order valence-corrected chi connectivity index (χ2v) is 5.46. The summed E-state index contributed by atoms with van der Waals surface area (Å²) in [6.07, 6.45) is 0. The lowest BCUT2D eigenvalue weighted by molar-refractivity contribution is 0.425. The third-order valence-corrected chi connectivity index (χ3v) is 3.53. The summed E-state index contributed by atoms with van der Waals surface area (Å²) in [7, 11) is -4.26.